The molecule has 154 valence electrons. The van der Waals surface area contributed by atoms with Crippen molar-refractivity contribution in [3.8, 4) is 11.8 Å². The van der Waals surface area contributed by atoms with Crippen molar-refractivity contribution >= 4 is 17.7 Å². The number of nitrogens with zero attached hydrogens (tertiary/aromatic N) is 2. The Balaban J connectivity index is 1.74. The summed E-state index contributed by atoms with van der Waals surface area (Å²) in [6.45, 7) is 5.53. The van der Waals surface area contributed by atoms with Gasteiger partial charge >= 0.3 is 5.97 Å². The van der Waals surface area contributed by atoms with Crippen molar-refractivity contribution in [3.05, 3.63) is 41.6 Å². The van der Waals surface area contributed by atoms with Crippen LogP contribution >= 0.6 is 0 Å². The molecule has 2 N–H and O–H groups in total. The summed E-state index contributed by atoms with van der Waals surface area (Å²) in [5.41, 5.74) is 0.323. The van der Waals surface area contributed by atoms with E-state index in [1.165, 1.54) is 30.5 Å². The Morgan fingerprint density at radius 3 is 2.69 bits per heavy atom. The molecule has 9 nitrogen and oxygen atoms in total. The number of pyridine rings is 2. The minimum absolute atomic E-state index is 0.0334. The van der Waals surface area contributed by atoms with Crippen LogP contribution in [0.4, 0.5) is 5.82 Å². The van der Waals surface area contributed by atoms with E-state index in [2.05, 4.69) is 15.3 Å². The molecule has 0 bridgehead atoms. The maximum atomic E-state index is 12.7. The number of aromatic nitrogens is 2. The van der Waals surface area contributed by atoms with Gasteiger partial charge in [0.2, 0.25) is 11.8 Å². The maximum absolute atomic E-state index is 12.7. The summed E-state index contributed by atoms with van der Waals surface area (Å²) in [6.07, 6.45) is 1.98. The maximum Gasteiger partial charge on any atom is 0.337 e. The van der Waals surface area contributed by atoms with Crippen molar-refractivity contribution in [3.63, 3.8) is 0 Å². The highest BCUT2D eigenvalue weighted by molar-refractivity contribution is 6.04. The molecule has 29 heavy (non-hydrogen) atoms. The standard InChI is InChI=1S/C20H23N3O6/c1-12(2)29-18-8-15(7-17(23-18)28-11-13-5-6-27-10-13)19(24)22-16-4-3-14(9-21-16)20(25)26/h3-4,7-9,12-13H,5-6,10-11H2,1-2H3,(H,25,26)(H,21,22,24). The number of carbonyl (C=O) groups is 2. The first kappa shape index (κ1) is 20.5. The largest absolute Gasteiger partial charge is 0.478 e. The van der Waals surface area contributed by atoms with E-state index in [4.69, 9.17) is 19.3 Å². The van der Waals surface area contributed by atoms with E-state index < -0.39 is 11.9 Å². The topological polar surface area (TPSA) is 120 Å². The first-order valence-electron chi connectivity index (χ1n) is 9.30. The summed E-state index contributed by atoms with van der Waals surface area (Å²) < 4.78 is 16.7. The van der Waals surface area contributed by atoms with E-state index in [0.717, 1.165) is 13.0 Å². The Hall–Kier alpha value is -3.20. The van der Waals surface area contributed by atoms with Crippen LogP contribution in [0.1, 0.15) is 41.0 Å². The van der Waals surface area contributed by atoms with E-state index in [-0.39, 0.29) is 34.8 Å². The fraction of sp³-hybridized carbons (Fsp3) is 0.400. The van der Waals surface area contributed by atoms with Crippen LogP contribution in [0, 0.1) is 5.92 Å². The number of hydrogen-bond donors (Lipinski definition) is 2. The van der Waals surface area contributed by atoms with E-state index in [0.29, 0.717) is 19.1 Å². The molecule has 2 aromatic rings. The van der Waals surface area contributed by atoms with E-state index >= 15 is 0 Å². The summed E-state index contributed by atoms with van der Waals surface area (Å²) in [6, 6.07) is 5.84. The Morgan fingerprint density at radius 1 is 1.28 bits per heavy atom. The number of hydrogen-bond acceptors (Lipinski definition) is 7. The van der Waals surface area contributed by atoms with Crippen molar-refractivity contribution in [1.29, 1.82) is 0 Å². The molecule has 3 rings (SSSR count). The number of nitrogens with one attached hydrogen (secondary N) is 1. The number of rotatable bonds is 8. The van der Waals surface area contributed by atoms with Gasteiger partial charge in [0.15, 0.2) is 0 Å². The number of carbonyl (C=O) groups excluding carboxylic acids is 1. The fourth-order valence-electron chi connectivity index (χ4n) is 2.69. The number of amides is 1. The second kappa shape index (κ2) is 9.33. The summed E-state index contributed by atoms with van der Waals surface area (Å²) in [4.78, 5) is 31.8. The van der Waals surface area contributed by atoms with Gasteiger partial charge in [-0.25, -0.2) is 9.78 Å². The molecule has 1 aliphatic rings. The molecule has 2 aromatic heterocycles. The van der Waals surface area contributed by atoms with Gasteiger partial charge in [-0.05, 0) is 32.4 Å². The molecule has 1 fully saturated rings. The summed E-state index contributed by atoms with van der Waals surface area (Å²) >= 11 is 0. The second-order valence-corrected chi connectivity index (χ2v) is 6.93. The molecule has 1 amide bonds. The minimum Gasteiger partial charge on any atom is -0.478 e. The van der Waals surface area contributed by atoms with E-state index in [1.54, 1.807) is 0 Å². The van der Waals surface area contributed by atoms with Gasteiger partial charge in [-0.15, -0.1) is 0 Å². The van der Waals surface area contributed by atoms with Gasteiger partial charge in [-0.2, -0.15) is 4.98 Å². The molecule has 9 heteroatoms. The molecule has 1 atom stereocenters. The van der Waals surface area contributed by atoms with Crippen LogP contribution in [0.15, 0.2) is 30.5 Å². The summed E-state index contributed by atoms with van der Waals surface area (Å²) in [7, 11) is 0. The number of carboxylic acid groups (broad SMARTS) is 1. The molecule has 0 aliphatic carbocycles. The molecule has 0 spiro atoms. The molecule has 1 aliphatic heterocycles. The van der Waals surface area contributed by atoms with E-state index in [1.807, 2.05) is 13.8 Å². The van der Waals surface area contributed by atoms with Gasteiger partial charge in [-0.1, -0.05) is 0 Å². The highest BCUT2D eigenvalue weighted by atomic mass is 16.5. The van der Waals surface area contributed by atoms with Gasteiger partial charge < -0.3 is 24.6 Å². The predicted molar refractivity (Wildman–Crippen MR) is 104 cm³/mol. The Labute approximate surface area is 168 Å². The van der Waals surface area contributed by atoms with E-state index in [9.17, 15) is 9.59 Å². The first-order valence-corrected chi connectivity index (χ1v) is 9.30. The van der Waals surface area contributed by atoms with Crippen LogP contribution in [-0.4, -0.2) is 52.9 Å². The van der Waals surface area contributed by atoms with Crippen molar-refractivity contribution in [2.24, 2.45) is 5.92 Å². The quantitative estimate of drug-likeness (QED) is 0.693. The average molecular weight is 401 g/mol. The zero-order valence-electron chi connectivity index (χ0n) is 16.3. The Bertz CT molecular complexity index is 863. The van der Waals surface area contributed by atoms with Crippen molar-refractivity contribution in [2.45, 2.75) is 26.4 Å². The zero-order valence-corrected chi connectivity index (χ0v) is 16.3. The van der Waals surface area contributed by atoms with Crippen LogP contribution in [-0.2, 0) is 4.74 Å². The zero-order chi connectivity index (χ0) is 20.8. The molecule has 0 aromatic carbocycles. The van der Waals surface area contributed by atoms with Gasteiger partial charge in [0.25, 0.3) is 5.91 Å². The molecule has 3 heterocycles. The van der Waals surface area contributed by atoms with Crippen LogP contribution in [0.2, 0.25) is 0 Å². The van der Waals surface area contributed by atoms with Crippen molar-refractivity contribution in [2.75, 3.05) is 25.1 Å². The molecule has 1 unspecified atom stereocenters. The number of carboxylic acids is 1. The lowest BCUT2D eigenvalue weighted by Crippen LogP contribution is -2.16. The van der Waals surface area contributed by atoms with Gasteiger partial charge in [0.1, 0.15) is 5.82 Å². The van der Waals surface area contributed by atoms with Crippen LogP contribution in [0.5, 0.6) is 11.8 Å². The number of anilines is 1. The number of aromatic carboxylic acids is 1. The summed E-state index contributed by atoms with van der Waals surface area (Å²) in [5.74, 6) is -0.441. The van der Waals surface area contributed by atoms with Crippen LogP contribution in [0.3, 0.4) is 0 Å². The fourth-order valence-corrected chi connectivity index (χ4v) is 2.69. The smallest absolute Gasteiger partial charge is 0.337 e. The molecular formula is C20H23N3O6. The number of ether oxygens (including phenoxy) is 3. The summed E-state index contributed by atoms with van der Waals surface area (Å²) in [5, 5.41) is 11.6. The highest BCUT2D eigenvalue weighted by Gasteiger charge is 2.18. The Morgan fingerprint density at radius 2 is 2.07 bits per heavy atom. The minimum atomic E-state index is -1.09. The van der Waals surface area contributed by atoms with Crippen molar-refractivity contribution < 1.29 is 28.9 Å². The van der Waals surface area contributed by atoms with Crippen LogP contribution < -0.4 is 14.8 Å². The second-order valence-electron chi connectivity index (χ2n) is 6.93. The van der Waals surface area contributed by atoms with Crippen molar-refractivity contribution in [1.82, 2.24) is 9.97 Å². The molecule has 1 saturated heterocycles. The highest BCUT2D eigenvalue weighted by Crippen LogP contribution is 2.22. The molecule has 0 radical (unpaired) electrons. The van der Waals surface area contributed by atoms with Crippen LogP contribution in [0.25, 0.3) is 0 Å². The average Bonchev–Trinajstić information content (AvgIpc) is 3.20. The third-order valence-corrected chi connectivity index (χ3v) is 4.14. The van der Waals surface area contributed by atoms with Gasteiger partial charge in [-0.3, -0.25) is 4.79 Å². The monoisotopic (exact) mass is 401 g/mol. The third-order valence-electron chi connectivity index (χ3n) is 4.14. The SMILES string of the molecule is CC(C)Oc1cc(C(=O)Nc2ccc(C(=O)O)cn2)cc(OCC2CCOC2)n1. The predicted octanol–water partition coefficient (Wildman–Crippen LogP) is 2.63. The lowest BCUT2D eigenvalue weighted by atomic mass is 10.1. The van der Waals surface area contributed by atoms with Gasteiger partial charge in [0.05, 0.1) is 30.4 Å². The third kappa shape index (κ3) is 5.89. The lowest BCUT2D eigenvalue weighted by molar-refractivity contribution is 0.0696. The van der Waals surface area contributed by atoms with Gasteiger partial charge in [0, 0.05) is 30.9 Å². The molecular weight excluding hydrogens is 378 g/mol. The molecule has 0 saturated carbocycles. The normalized spacial score (nSPS) is 15.9. The Kier molecular flexibility index (Phi) is 6.61. The first-order chi connectivity index (χ1) is 13.9. The lowest BCUT2D eigenvalue weighted by Gasteiger charge is -2.14.